The average Bonchev–Trinajstić information content (AvgIpc) is 2.82. The maximum absolute atomic E-state index is 12.3. The summed E-state index contributed by atoms with van der Waals surface area (Å²) in [5, 5.41) is 13.0. The topological polar surface area (TPSA) is 86.7 Å². The monoisotopic (exact) mass is 318 g/mol. The first kappa shape index (κ1) is 15.4. The van der Waals surface area contributed by atoms with E-state index >= 15 is 0 Å². The summed E-state index contributed by atoms with van der Waals surface area (Å²) in [7, 11) is -3.76. The van der Waals surface area contributed by atoms with Crippen LogP contribution < -0.4 is 4.72 Å². The van der Waals surface area contributed by atoms with Crippen molar-refractivity contribution in [2.75, 3.05) is 6.54 Å². The van der Waals surface area contributed by atoms with Gasteiger partial charge in [-0.2, -0.15) is 28.8 Å². The van der Waals surface area contributed by atoms with Crippen molar-refractivity contribution in [2.24, 2.45) is 0 Å². The fraction of sp³-hybridized carbons (Fsp3) is 0.583. The van der Waals surface area contributed by atoms with Gasteiger partial charge in [-0.15, -0.1) is 0 Å². The third kappa shape index (κ3) is 3.38. The zero-order valence-corrected chi connectivity index (χ0v) is 12.8. The molecule has 1 aromatic rings. The zero-order valence-electron chi connectivity index (χ0n) is 11.2. The number of hydrogen-bond acceptors (Lipinski definition) is 4. The van der Waals surface area contributed by atoms with Gasteiger partial charge in [0.1, 0.15) is 6.04 Å². The minimum absolute atomic E-state index is 0.195. The second-order valence-corrected chi connectivity index (χ2v) is 7.32. The average molecular weight is 318 g/mol. The number of carboxylic acid groups (broad SMARTS) is 1. The Morgan fingerprint density at radius 2 is 2.25 bits per heavy atom. The lowest BCUT2D eigenvalue weighted by molar-refractivity contribution is -0.142. The van der Waals surface area contributed by atoms with E-state index in [0.29, 0.717) is 12.8 Å². The molecule has 1 fully saturated rings. The molecule has 1 aliphatic heterocycles. The number of aryl methyl sites for hydroxylation is 1. The van der Waals surface area contributed by atoms with Gasteiger partial charge in [-0.05, 0) is 48.1 Å². The molecule has 0 aliphatic carbocycles. The summed E-state index contributed by atoms with van der Waals surface area (Å²) in [5.74, 6) is -1.08. The van der Waals surface area contributed by atoms with Crippen LogP contribution in [0, 0.1) is 6.92 Å². The van der Waals surface area contributed by atoms with Gasteiger partial charge >= 0.3 is 5.97 Å². The van der Waals surface area contributed by atoms with E-state index in [-0.39, 0.29) is 13.1 Å². The van der Waals surface area contributed by atoms with Crippen LogP contribution in [0.2, 0.25) is 0 Å². The van der Waals surface area contributed by atoms with Gasteiger partial charge in [-0.3, -0.25) is 4.79 Å². The van der Waals surface area contributed by atoms with Crippen molar-refractivity contribution in [3.05, 3.63) is 21.9 Å². The molecule has 8 heteroatoms. The van der Waals surface area contributed by atoms with E-state index in [0.717, 1.165) is 21.9 Å². The van der Waals surface area contributed by atoms with E-state index in [2.05, 4.69) is 4.72 Å². The van der Waals surface area contributed by atoms with Crippen molar-refractivity contribution in [3.8, 4) is 0 Å². The number of hydrogen-bond donors (Lipinski definition) is 2. The molecule has 2 rings (SSSR count). The van der Waals surface area contributed by atoms with Crippen LogP contribution in [0.3, 0.4) is 0 Å². The summed E-state index contributed by atoms with van der Waals surface area (Å²) < 4.78 is 28.1. The summed E-state index contributed by atoms with van der Waals surface area (Å²) in [6.07, 6.45) is 1.81. The molecule has 0 radical (unpaired) electrons. The molecule has 1 aliphatic rings. The molecule has 0 aromatic carbocycles. The molecule has 1 atom stereocenters. The molecule has 0 amide bonds. The number of nitrogens with one attached hydrogen (secondary N) is 1. The molecular weight excluding hydrogens is 300 g/mol. The maximum Gasteiger partial charge on any atom is 0.322 e. The van der Waals surface area contributed by atoms with Gasteiger partial charge in [-0.1, -0.05) is 0 Å². The number of nitrogens with zero attached hydrogens (tertiary/aromatic N) is 1. The Labute approximate surface area is 122 Å². The molecule has 2 heterocycles. The van der Waals surface area contributed by atoms with Gasteiger partial charge < -0.3 is 5.11 Å². The van der Waals surface area contributed by atoms with Gasteiger partial charge in [0, 0.05) is 13.1 Å². The van der Waals surface area contributed by atoms with Crippen molar-refractivity contribution in [3.63, 3.8) is 0 Å². The molecular formula is C12H18N2O4S2. The zero-order chi connectivity index (χ0) is 14.8. The molecule has 1 unspecified atom stereocenters. The second kappa shape index (κ2) is 6.21. The fourth-order valence-corrected chi connectivity index (χ4v) is 4.52. The lowest BCUT2D eigenvalue weighted by atomic mass is 10.1. The normalized spacial score (nSPS) is 20.9. The third-order valence-electron chi connectivity index (χ3n) is 3.45. The lowest BCUT2D eigenvalue weighted by Gasteiger charge is -2.31. The van der Waals surface area contributed by atoms with Crippen LogP contribution >= 0.6 is 11.3 Å². The Bertz CT molecular complexity index is 582. The van der Waals surface area contributed by atoms with E-state index in [1.165, 1.54) is 11.3 Å². The van der Waals surface area contributed by atoms with Gasteiger partial charge in [0.2, 0.25) is 0 Å². The number of carbonyl (C=O) groups is 1. The van der Waals surface area contributed by atoms with Crippen molar-refractivity contribution in [1.82, 2.24) is 9.03 Å². The molecule has 112 valence electrons. The van der Waals surface area contributed by atoms with E-state index in [9.17, 15) is 13.2 Å². The second-order valence-electron chi connectivity index (χ2n) is 4.87. The van der Waals surface area contributed by atoms with E-state index in [4.69, 9.17) is 5.11 Å². The standard InChI is InChI=1S/C12H18N2O4S2/c1-9-7-19-8-10(9)6-13-20(17,18)14-5-3-2-4-11(14)12(15)16/h7-8,11,13H,2-6H2,1H3,(H,15,16). The van der Waals surface area contributed by atoms with E-state index in [1.807, 2.05) is 17.7 Å². The Hall–Kier alpha value is -0.960. The highest BCUT2D eigenvalue weighted by Gasteiger charge is 2.36. The molecule has 1 aromatic heterocycles. The highest BCUT2D eigenvalue weighted by Crippen LogP contribution is 2.21. The molecule has 6 nitrogen and oxygen atoms in total. The van der Waals surface area contributed by atoms with Gasteiger partial charge in [0.15, 0.2) is 0 Å². The van der Waals surface area contributed by atoms with Crippen LogP contribution in [0.1, 0.15) is 30.4 Å². The van der Waals surface area contributed by atoms with E-state index in [1.54, 1.807) is 0 Å². The first-order chi connectivity index (χ1) is 9.42. The molecule has 0 bridgehead atoms. The van der Waals surface area contributed by atoms with Crippen LogP contribution in [0.5, 0.6) is 0 Å². The summed E-state index contributed by atoms with van der Waals surface area (Å²) in [5.41, 5.74) is 1.95. The summed E-state index contributed by atoms with van der Waals surface area (Å²) in [6.45, 7) is 2.37. The van der Waals surface area contributed by atoms with Crippen LogP contribution in [0.15, 0.2) is 10.8 Å². The summed E-state index contributed by atoms with van der Waals surface area (Å²) >= 11 is 1.52. The SMILES string of the molecule is Cc1cscc1CNS(=O)(=O)N1CCCCC1C(=O)O. The van der Waals surface area contributed by atoms with Crippen molar-refractivity contribution in [2.45, 2.75) is 38.8 Å². The Morgan fingerprint density at radius 1 is 1.50 bits per heavy atom. The smallest absolute Gasteiger partial charge is 0.322 e. The van der Waals surface area contributed by atoms with Crippen LogP contribution in [0.4, 0.5) is 0 Å². The summed E-state index contributed by atoms with van der Waals surface area (Å²) in [4.78, 5) is 11.2. The van der Waals surface area contributed by atoms with Crippen molar-refractivity contribution >= 4 is 27.5 Å². The molecule has 0 spiro atoms. The summed E-state index contributed by atoms with van der Waals surface area (Å²) in [6, 6.07) is -0.954. The quantitative estimate of drug-likeness (QED) is 0.857. The Balaban J connectivity index is 2.08. The highest BCUT2D eigenvalue weighted by molar-refractivity contribution is 7.87. The predicted octanol–water partition coefficient (Wildman–Crippen LogP) is 1.33. The first-order valence-electron chi connectivity index (χ1n) is 6.42. The van der Waals surface area contributed by atoms with Gasteiger partial charge in [0.25, 0.3) is 10.2 Å². The number of carboxylic acids is 1. The molecule has 0 saturated carbocycles. The number of rotatable bonds is 5. The Kier molecular flexibility index (Phi) is 4.79. The van der Waals surface area contributed by atoms with E-state index < -0.39 is 22.2 Å². The maximum atomic E-state index is 12.3. The fourth-order valence-electron chi connectivity index (χ4n) is 2.26. The minimum Gasteiger partial charge on any atom is -0.480 e. The third-order valence-corrected chi connectivity index (χ3v) is 5.93. The Morgan fingerprint density at radius 3 is 2.85 bits per heavy atom. The van der Waals surface area contributed by atoms with Crippen molar-refractivity contribution < 1.29 is 18.3 Å². The minimum atomic E-state index is -3.76. The van der Waals surface area contributed by atoms with Crippen LogP contribution in [-0.2, 0) is 21.5 Å². The van der Waals surface area contributed by atoms with Crippen molar-refractivity contribution in [1.29, 1.82) is 0 Å². The first-order valence-corrected chi connectivity index (χ1v) is 8.81. The van der Waals surface area contributed by atoms with Crippen LogP contribution in [0.25, 0.3) is 0 Å². The molecule has 1 saturated heterocycles. The molecule has 2 N–H and O–H groups in total. The van der Waals surface area contributed by atoms with Gasteiger partial charge in [0.05, 0.1) is 0 Å². The number of thiophene rings is 1. The molecule has 20 heavy (non-hydrogen) atoms. The number of aliphatic carboxylic acids is 1. The highest BCUT2D eigenvalue weighted by atomic mass is 32.2. The van der Waals surface area contributed by atoms with Crippen LogP contribution in [-0.4, -0.2) is 36.4 Å². The largest absolute Gasteiger partial charge is 0.480 e. The lowest BCUT2D eigenvalue weighted by Crippen LogP contribution is -2.51. The predicted molar refractivity (Wildman–Crippen MR) is 76.8 cm³/mol. The van der Waals surface area contributed by atoms with Gasteiger partial charge in [-0.25, -0.2) is 0 Å². The number of piperidine rings is 1.